The number of halogens is 2. The average molecular weight is 502 g/mol. The first-order valence-corrected chi connectivity index (χ1v) is 12.1. The van der Waals surface area contributed by atoms with Crippen LogP contribution in [0.3, 0.4) is 0 Å². The second-order valence-electron chi connectivity index (χ2n) is 7.98. The van der Waals surface area contributed by atoms with Gasteiger partial charge in [0.2, 0.25) is 15.9 Å². The van der Waals surface area contributed by atoms with Crippen molar-refractivity contribution in [1.82, 2.24) is 9.21 Å². The molecule has 0 aliphatic carbocycles. The SMILES string of the molecule is CN(C)S(=O)(=O)c1ccc(C(=O)N2CC(=O)Nc3ccc(Cl)cc3C2c2ccc(F)cc2)cc1. The molecule has 1 unspecified atom stereocenters. The number of rotatable bonds is 4. The summed E-state index contributed by atoms with van der Waals surface area (Å²) in [4.78, 5) is 27.7. The van der Waals surface area contributed by atoms with E-state index in [1.807, 2.05) is 0 Å². The Morgan fingerprint density at radius 2 is 1.71 bits per heavy atom. The van der Waals surface area contributed by atoms with Gasteiger partial charge in [0, 0.05) is 35.9 Å². The van der Waals surface area contributed by atoms with Gasteiger partial charge in [-0.05, 0) is 60.2 Å². The quantitative estimate of drug-likeness (QED) is 0.587. The maximum Gasteiger partial charge on any atom is 0.255 e. The number of nitrogens with one attached hydrogen (secondary N) is 1. The van der Waals surface area contributed by atoms with Crippen LogP contribution in [-0.4, -0.2) is 50.1 Å². The topological polar surface area (TPSA) is 86.8 Å². The molecule has 4 rings (SSSR count). The van der Waals surface area contributed by atoms with Gasteiger partial charge >= 0.3 is 0 Å². The lowest BCUT2D eigenvalue weighted by atomic mass is 9.95. The highest BCUT2D eigenvalue weighted by Crippen LogP contribution is 2.38. The third kappa shape index (κ3) is 4.54. The average Bonchev–Trinajstić information content (AvgIpc) is 2.95. The minimum absolute atomic E-state index is 0.0369. The van der Waals surface area contributed by atoms with E-state index in [0.29, 0.717) is 21.8 Å². The van der Waals surface area contributed by atoms with Crippen LogP contribution in [0.25, 0.3) is 0 Å². The zero-order valence-electron chi connectivity index (χ0n) is 18.3. The number of hydrogen-bond acceptors (Lipinski definition) is 4. The summed E-state index contributed by atoms with van der Waals surface area (Å²) in [5.74, 6) is -1.34. The van der Waals surface area contributed by atoms with E-state index in [9.17, 15) is 22.4 Å². The summed E-state index contributed by atoms with van der Waals surface area (Å²) in [6.45, 7) is -0.273. The molecule has 1 aliphatic heterocycles. The van der Waals surface area contributed by atoms with Gasteiger partial charge in [-0.15, -0.1) is 0 Å². The number of anilines is 1. The highest BCUT2D eigenvalue weighted by molar-refractivity contribution is 7.89. The fourth-order valence-corrected chi connectivity index (χ4v) is 4.90. The largest absolute Gasteiger partial charge is 0.324 e. The molecule has 34 heavy (non-hydrogen) atoms. The number of sulfonamides is 1. The van der Waals surface area contributed by atoms with Gasteiger partial charge in [-0.2, -0.15) is 0 Å². The van der Waals surface area contributed by atoms with Crippen molar-refractivity contribution in [3.05, 3.63) is 94.3 Å². The van der Waals surface area contributed by atoms with Gasteiger partial charge in [-0.3, -0.25) is 9.59 Å². The number of carbonyl (C=O) groups is 2. The van der Waals surface area contributed by atoms with Crippen LogP contribution in [-0.2, 0) is 14.8 Å². The maximum atomic E-state index is 13.6. The van der Waals surface area contributed by atoms with E-state index in [2.05, 4.69) is 5.32 Å². The van der Waals surface area contributed by atoms with Crippen molar-refractivity contribution in [2.45, 2.75) is 10.9 Å². The number of hydrogen-bond donors (Lipinski definition) is 1. The van der Waals surface area contributed by atoms with E-state index in [4.69, 9.17) is 11.6 Å². The van der Waals surface area contributed by atoms with Crippen molar-refractivity contribution in [2.24, 2.45) is 0 Å². The summed E-state index contributed by atoms with van der Waals surface area (Å²) in [5, 5.41) is 3.20. The number of fused-ring (bicyclic) bond motifs is 1. The molecule has 1 aliphatic rings. The molecule has 3 aromatic rings. The van der Waals surface area contributed by atoms with Crippen molar-refractivity contribution in [3.63, 3.8) is 0 Å². The number of benzene rings is 3. The minimum atomic E-state index is -3.67. The van der Waals surface area contributed by atoms with E-state index in [1.165, 1.54) is 55.4 Å². The molecular weight excluding hydrogens is 481 g/mol. The van der Waals surface area contributed by atoms with Crippen molar-refractivity contribution < 1.29 is 22.4 Å². The highest BCUT2D eigenvalue weighted by Gasteiger charge is 2.34. The van der Waals surface area contributed by atoms with E-state index in [-0.39, 0.29) is 17.0 Å². The molecule has 0 bridgehead atoms. The van der Waals surface area contributed by atoms with Gasteiger partial charge in [-0.1, -0.05) is 23.7 Å². The van der Waals surface area contributed by atoms with Gasteiger partial charge in [0.15, 0.2) is 0 Å². The Morgan fingerprint density at radius 3 is 2.32 bits per heavy atom. The first-order chi connectivity index (χ1) is 16.1. The van der Waals surface area contributed by atoms with Gasteiger partial charge in [0.25, 0.3) is 5.91 Å². The van der Waals surface area contributed by atoms with E-state index in [0.717, 1.165) is 4.31 Å². The number of carbonyl (C=O) groups excluding carboxylic acids is 2. The normalized spacial score (nSPS) is 16.1. The summed E-state index contributed by atoms with van der Waals surface area (Å²) in [5.41, 5.74) is 1.85. The van der Waals surface area contributed by atoms with Crippen LogP contribution in [0.15, 0.2) is 71.6 Å². The molecule has 0 aromatic heterocycles. The molecule has 0 spiro atoms. The van der Waals surface area contributed by atoms with E-state index in [1.54, 1.807) is 30.3 Å². The zero-order valence-corrected chi connectivity index (χ0v) is 19.9. The van der Waals surface area contributed by atoms with E-state index < -0.39 is 33.7 Å². The van der Waals surface area contributed by atoms with E-state index >= 15 is 0 Å². The molecule has 1 heterocycles. The Hall–Kier alpha value is -3.27. The molecule has 2 amide bonds. The minimum Gasteiger partial charge on any atom is -0.324 e. The van der Waals surface area contributed by atoms with Crippen LogP contribution in [0.4, 0.5) is 10.1 Å². The Bertz CT molecular complexity index is 1360. The van der Waals surface area contributed by atoms with Crippen molar-refractivity contribution in [3.8, 4) is 0 Å². The van der Waals surface area contributed by atoms with Crippen LogP contribution in [0.1, 0.15) is 27.5 Å². The smallest absolute Gasteiger partial charge is 0.255 e. The monoisotopic (exact) mass is 501 g/mol. The van der Waals surface area contributed by atoms with Crippen molar-refractivity contribution in [2.75, 3.05) is 26.0 Å². The molecule has 0 saturated heterocycles. The molecule has 3 aromatic carbocycles. The lowest BCUT2D eigenvalue weighted by Crippen LogP contribution is -2.39. The predicted octanol–water partition coefficient (Wildman–Crippen LogP) is 3.91. The van der Waals surface area contributed by atoms with Crippen LogP contribution in [0.5, 0.6) is 0 Å². The van der Waals surface area contributed by atoms with Gasteiger partial charge in [0.05, 0.1) is 10.9 Å². The third-order valence-corrected chi connectivity index (χ3v) is 7.60. The summed E-state index contributed by atoms with van der Waals surface area (Å²) >= 11 is 6.24. The summed E-state index contributed by atoms with van der Waals surface area (Å²) in [7, 11) is -0.834. The Balaban J connectivity index is 1.81. The number of nitrogens with zero attached hydrogens (tertiary/aromatic N) is 2. The Morgan fingerprint density at radius 1 is 1.06 bits per heavy atom. The second kappa shape index (κ2) is 9.17. The molecule has 0 radical (unpaired) electrons. The first-order valence-electron chi connectivity index (χ1n) is 10.3. The third-order valence-electron chi connectivity index (χ3n) is 5.53. The summed E-state index contributed by atoms with van der Waals surface area (Å²) in [6.07, 6.45) is 0. The Kier molecular flexibility index (Phi) is 6.44. The number of amides is 2. The molecule has 1 N–H and O–H groups in total. The molecule has 1 atom stereocenters. The molecule has 0 fully saturated rings. The van der Waals surface area contributed by atoms with Crippen molar-refractivity contribution >= 4 is 39.1 Å². The Labute approximate surface area is 201 Å². The molecular formula is C24H21ClFN3O4S. The highest BCUT2D eigenvalue weighted by atomic mass is 35.5. The van der Waals surface area contributed by atoms with Gasteiger partial charge < -0.3 is 10.2 Å². The molecule has 176 valence electrons. The first kappa shape index (κ1) is 23.9. The molecule has 7 nitrogen and oxygen atoms in total. The fourth-order valence-electron chi connectivity index (χ4n) is 3.82. The van der Waals surface area contributed by atoms with Crippen LogP contribution in [0, 0.1) is 5.82 Å². The van der Waals surface area contributed by atoms with Crippen molar-refractivity contribution in [1.29, 1.82) is 0 Å². The summed E-state index contributed by atoms with van der Waals surface area (Å²) < 4.78 is 39.5. The maximum absolute atomic E-state index is 13.6. The van der Waals surface area contributed by atoms with Gasteiger partial charge in [0.1, 0.15) is 12.4 Å². The fraction of sp³-hybridized carbons (Fsp3) is 0.167. The predicted molar refractivity (Wildman–Crippen MR) is 127 cm³/mol. The zero-order chi connectivity index (χ0) is 24.6. The lowest BCUT2D eigenvalue weighted by Gasteiger charge is -2.31. The van der Waals surface area contributed by atoms with Crippen LogP contribution in [0.2, 0.25) is 5.02 Å². The second-order valence-corrected chi connectivity index (χ2v) is 10.6. The van der Waals surface area contributed by atoms with Crippen LogP contribution >= 0.6 is 11.6 Å². The molecule has 0 saturated carbocycles. The molecule has 10 heteroatoms. The van der Waals surface area contributed by atoms with Crippen LogP contribution < -0.4 is 5.32 Å². The summed E-state index contributed by atoms with van der Waals surface area (Å²) in [6, 6.07) is 15.4. The lowest BCUT2D eigenvalue weighted by molar-refractivity contribution is -0.117. The standard InChI is InChI=1S/C24H21ClFN3O4S/c1-28(2)34(32,33)19-10-5-16(6-11-19)24(31)29-14-22(30)27-21-12-7-17(25)13-20(21)23(29)15-3-8-18(26)9-4-15/h3-13,23H,14H2,1-2H3,(H,27,30). The van der Waals surface area contributed by atoms with Gasteiger partial charge in [-0.25, -0.2) is 17.1 Å².